The smallest absolute Gasteiger partial charge is 0.341 e. The van der Waals surface area contributed by atoms with E-state index in [9.17, 15) is 14.4 Å². The monoisotopic (exact) mass is 286 g/mol. The molecule has 1 aliphatic rings. The molecule has 1 aromatic rings. The summed E-state index contributed by atoms with van der Waals surface area (Å²) in [6, 6.07) is 0. The van der Waals surface area contributed by atoms with Crippen LogP contribution < -0.4 is 16.0 Å². The second-order valence-electron chi connectivity index (χ2n) is 4.31. The molecule has 0 unspecified atom stereocenters. The van der Waals surface area contributed by atoms with Crippen molar-refractivity contribution in [3.05, 3.63) is 27.0 Å². The van der Waals surface area contributed by atoms with Crippen LogP contribution in [0.15, 0.2) is 15.8 Å². The zero-order chi connectivity index (χ0) is 14.7. The van der Waals surface area contributed by atoms with Crippen molar-refractivity contribution in [1.29, 1.82) is 0 Å². The Morgan fingerprint density at radius 2 is 2.25 bits per heavy atom. The van der Waals surface area contributed by atoms with Gasteiger partial charge in [0, 0.05) is 0 Å². The van der Waals surface area contributed by atoms with Crippen molar-refractivity contribution >= 4 is 5.97 Å². The number of carboxylic acids is 1. The van der Waals surface area contributed by atoms with Crippen molar-refractivity contribution in [3.8, 4) is 5.75 Å². The summed E-state index contributed by atoms with van der Waals surface area (Å²) in [6.45, 7) is -0.844. The number of ether oxygens (including phenoxy) is 2. The van der Waals surface area contributed by atoms with Gasteiger partial charge < -0.3 is 19.7 Å². The highest BCUT2D eigenvalue weighted by molar-refractivity contribution is 5.68. The van der Waals surface area contributed by atoms with Crippen LogP contribution in [0.2, 0.25) is 0 Å². The first-order valence-electron chi connectivity index (χ1n) is 5.97. The summed E-state index contributed by atoms with van der Waals surface area (Å²) in [7, 11) is 0. The maximum Gasteiger partial charge on any atom is 0.341 e. The summed E-state index contributed by atoms with van der Waals surface area (Å²) < 4.78 is 11.3. The molecule has 110 valence electrons. The number of rotatable bonds is 5. The van der Waals surface area contributed by atoms with Crippen molar-refractivity contribution in [1.82, 2.24) is 9.55 Å². The minimum absolute atomic E-state index is 0.156. The first-order chi connectivity index (χ1) is 9.51. The molecule has 0 spiro atoms. The van der Waals surface area contributed by atoms with E-state index < -0.39 is 30.1 Å². The lowest BCUT2D eigenvalue weighted by Crippen LogP contribution is -2.33. The van der Waals surface area contributed by atoms with E-state index in [2.05, 4.69) is 0 Å². The molecular weight excluding hydrogens is 272 g/mol. The van der Waals surface area contributed by atoms with E-state index in [-0.39, 0.29) is 18.5 Å². The highest BCUT2D eigenvalue weighted by Gasteiger charge is 2.27. The fourth-order valence-electron chi connectivity index (χ4n) is 1.95. The van der Waals surface area contributed by atoms with Gasteiger partial charge in [0.2, 0.25) is 5.75 Å². The predicted octanol–water partition coefficient (Wildman–Crippen LogP) is -1.33. The Bertz CT molecular complexity index is 606. The number of aliphatic carboxylic acids is 1. The molecule has 1 aromatic heterocycles. The van der Waals surface area contributed by atoms with Crippen LogP contribution in [0.1, 0.15) is 19.1 Å². The Morgan fingerprint density at radius 1 is 1.50 bits per heavy atom. The minimum atomic E-state index is -1.24. The van der Waals surface area contributed by atoms with Crippen LogP contribution in [0.3, 0.4) is 0 Å². The van der Waals surface area contributed by atoms with E-state index >= 15 is 0 Å². The quantitative estimate of drug-likeness (QED) is 0.611. The van der Waals surface area contributed by atoms with Crippen LogP contribution in [0.4, 0.5) is 0 Å². The lowest BCUT2D eigenvalue weighted by Gasteiger charge is -2.15. The molecule has 2 heterocycles. The van der Waals surface area contributed by atoms with Crippen molar-refractivity contribution in [2.24, 2.45) is 0 Å². The second kappa shape index (κ2) is 5.88. The van der Waals surface area contributed by atoms with E-state index in [1.54, 1.807) is 0 Å². The molecule has 3 N–H and O–H groups in total. The highest BCUT2D eigenvalue weighted by atomic mass is 16.5. The number of hydrogen-bond donors (Lipinski definition) is 3. The first-order valence-corrected chi connectivity index (χ1v) is 5.97. The molecule has 2 atom stereocenters. The number of H-pyrrole nitrogens is 1. The molecule has 2 rings (SSSR count). The van der Waals surface area contributed by atoms with Gasteiger partial charge in [-0.15, -0.1) is 0 Å². The second-order valence-corrected chi connectivity index (χ2v) is 4.31. The predicted molar refractivity (Wildman–Crippen MR) is 64.7 cm³/mol. The number of nitrogens with one attached hydrogen (secondary N) is 1. The van der Waals surface area contributed by atoms with Gasteiger partial charge in [-0.25, -0.2) is 9.59 Å². The number of aliphatic hydroxyl groups excluding tert-OH is 1. The van der Waals surface area contributed by atoms with Crippen LogP contribution in [0, 0.1) is 0 Å². The summed E-state index contributed by atoms with van der Waals surface area (Å²) in [5.41, 5.74) is -1.48. The molecule has 1 saturated heterocycles. The molecule has 9 nitrogen and oxygen atoms in total. The van der Waals surface area contributed by atoms with E-state index in [1.165, 1.54) is 0 Å². The third-order valence-electron chi connectivity index (χ3n) is 2.89. The lowest BCUT2D eigenvalue weighted by molar-refractivity contribution is -0.139. The van der Waals surface area contributed by atoms with Gasteiger partial charge >= 0.3 is 11.7 Å². The minimum Gasteiger partial charge on any atom is -0.479 e. The Kier molecular flexibility index (Phi) is 4.20. The van der Waals surface area contributed by atoms with Crippen molar-refractivity contribution in [2.75, 3.05) is 13.2 Å². The van der Waals surface area contributed by atoms with Crippen LogP contribution in [0.5, 0.6) is 5.75 Å². The number of aromatic nitrogens is 2. The summed E-state index contributed by atoms with van der Waals surface area (Å²) in [5, 5.41) is 17.5. The maximum absolute atomic E-state index is 11.7. The van der Waals surface area contributed by atoms with Gasteiger partial charge in [-0.2, -0.15) is 0 Å². The third kappa shape index (κ3) is 3.06. The highest BCUT2D eigenvalue weighted by Crippen LogP contribution is 2.26. The fourth-order valence-corrected chi connectivity index (χ4v) is 1.95. The summed E-state index contributed by atoms with van der Waals surface area (Å²) in [5.74, 6) is -1.51. The molecule has 9 heteroatoms. The molecule has 0 aromatic carbocycles. The van der Waals surface area contributed by atoms with Crippen LogP contribution in [-0.2, 0) is 9.53 Å². The van der Waals surface area contributed by atoms with Gasteiger partial charge in [0.25, 0.3) is 5.56 Å². The van der Waals surface area contributed by atoms with Gasteiger partial charge in [0.05, 0.1) is 18.9 Å². The zero-order valence-corrected chi connectivity index (χ0v) is 10.4. The standard InChI is InChI=1S/C11H14N2O7/c14-4-6-1-2-8(20-6)13-3-7(19-5-9(15)16)10(17)12-11(13)18/h3,6,8,14H,1-2,4-5H2,(H,15,16)(H,12,17,18)/t6-,8+/m0/s1. The topological polar surface area (TPSA) is 131 Å². The van der Waals surface area contributed by atoms with Gasteiger partial charge in [0.1, 0.15) is 6.23 Å². The number of nitrogens with zero attached hydrogens (tertiary/aromatic N) is 1. The molecule has 0 saturated carbocycles. The molecule has 1 aliphatic heterocycles. The lowest BCUT2D eigenvalue weighted by atomic mass is 10.2. The largest absolute Gasteiger partial charge is 0.479 e. The maximum atomic E-state index is 11.7. The zero-order valence-electron chi connectivity index (χ0n) is 10.4. The van der Waals surface area contributed by atoms with E-state index in [4.69, 9.17) is 19.7 Å². The summed E-state index contributed by atoms with van der Waals surface area (Å²) in [4.78, 5) is 35.6. The van der Waals surface area contributed by atoms with Crippen molar-refractivity contribution < 1.29 is 24.5 Å². The molecule has 0 radical (unpaired) electrons. The van der Waals surface area contributed by atoms with Gasteiger partial charge in [0.15, 0.2) is 6.61 Å². The fraction of sp³-hybridized carbons (Fsp3) is 0.545. The van der Waals surface area contributed by atoms with Crippen LogP contribution in [-0.4, -0.2) is 45.1 Å². The van der Waals surface area contributed by atoms with E-state index in [1.807, 2.05) is 4.98 Å². The SMILES string of the molecule is O=C(O)COc1cn([C@H]2CC[C@@H](CO)O2)c(=O)[nH]c1=O. The van der Waals surface area contributed by atoms with E-state index in [0.717, 1.165) is 10.8 Å². The Morgan fingerprint density at radius 3 is 2.85 bits per heavy atom. The van der Waals surface area contributed by atoms with Gasteiger partial charge in [-0.1, -0.05) is 0 Å². The van der Waals surface area contributed by atoms with Crippen molar-refractivity contribution in [2.45, 2.75) is 25.2 Å². The molecule has 20 heavy (non-hydrogen) atoms. The van der Waals surface area contributed by atoms with Crippen molar-refractivity contribution in [3.63, 3.8) is 0 Å². The van der Waals surface area contributed by atoms with E-state index in [0.29, 0.717) is 12.8 Å². The average molecular weight is 286 g/mol. The molecule has 0 bridgehead atoms. The average Bonchev–Trinajstić information content (AvgIpc) is 2.86. The van der Waals surface area contributed by atoms with Gasteiger partial charge in [-0.05, 0) is 12.8 Å². The number of aliphatic hydroxyl groups is 1. The Labute approximate surface area is 112 Å². The van der Waals surface area contributed by atoms with Crippen LogP contribution >= 0.6 is 0 Å². The number of carbonyl (C=O) groups is 1. The molecule has 0 aliphatic carbocycles. The summed E-state index contributed by atoms with van der Waals surface area (Å²) >= 11 is 0. The normalized spacial score (nSPS) is 21.9. The third-order valence-corrected chi connectivity index (χ3v) is 2.89. The molecular formula is C11H14N2O7. The van der Waals surface area contributed by atoms with Crippen LogP contribution in [0.25, 0.3) is 0 Å². The number of aromatic amines is 1. The Hall–Kier alpha value is -2.13. The number of carboxylic acid groups (broad SMARTS) is 1. The van der Waals surface area contributed by atoms with Gasteiger partial charge in [-0.3, -0.25) is 14.3 Å². The molecule has 1 fully saturated rings. The molecule has 0 amide bonds. The number of hydrogen-bond acceptors (Lipinski definition) is 6. The summed E-state index contributed by atoms with van der Waals surface area (Å²) in [6.07, 6.45) is 1.22. The Balaban J connectivity index is 2.25. The first kappa shape index (κ1) is 14.3.